The minimum absolute atomic E-state index is 0.575. The van der Waals surface area contributed by atoms with E-state index in [1.165, 1.54) is 115 Å². The predicted molar refractivity (Wildman–Crippen MR) is 545 cm³/mol. The van der Waals surface area contributed by atoms with Crippen molar-refractivity contribution in [2.24, 2.45) is 0 Å². The third-order valence-corrected chi connectivity index (χ3v) is 25.9. The number of para-hydroxylation sites is 7. The Morgan fingerprint density at radius 3 is 0.841 bits per heavy atom. The molecule has 10 heterocycles. The molecule has 10 aromatic heterocycles. The molecule has 12 nitrogen and oxygen atoms in total. The van der Waals surface area contributed by atoms with E-state index in [1.54, 1.807) is 0 Å². The Labute approximate surface area is 758 Å². The van der Waals surface area contributed by atoms with E-state index in [1.807, 2.05) is 104 Å². The van der Waals surface area contributed by atoms with E-state index in [4.69, 9.17) is 15.0 Å². The lowest BCUT2D eigenvalue weighted by Gasteiger charge is -2.12. The number of benzene rings is 17. The first kappa shape index (κ1) is 76.4. The molecule has 12 heteroatoms. The number of fused-ring (bicyclic) bond motifs is 18. The van der Waals surface area contributed by atoms with Crippen LogP contribution in [0.5, 0.6) is 0 Å². The second-order valence-corrected chi connectivity index (χ2v) is 33.3. The molecule has 0 aliphatic heterocycles. The molecule has 618 valence electrons. The average molecular weight is 1690 g/mol. The van der Waals surface area contributed by atoms with Crippen LogP contribution in [-0.2, 0) is 0 Å². The van der Waals surface area contributed by atoms with Gasteiger partial charge in [0, 0.05) is 129 Å². The molecule has 17 aromatic carbocycles. The summed E-state index contributed by atoms with van der Waals surface area (Å²) in [6, 6.07) is 155. The highest BCUT2D eigenvalue weighted by atomic mass is 15.2. The maximum absolute atomic E-state index is 5.13. The van der Waals surface area contributed by atoms with Crippen LogP contribution in [0.4, 0.5) is 0 Å². The summed E-state index contributed by atoms with van der Waals surface area (Å²) in [4.78, 5) is 28.8. The summed E-state index contributed by atoms with van der Waals surface area (Å²) in [5.41, 5.74) is 30.8. The molecule has 0 aliphatic carbocycles. The highest BCUT2D eigenvalue weighted by Gasteiger charge is 2.26. The zero-order valence-electron chi connectivity index (χ0n) is 71.4. The van der Waals surface area contributed by atoms with Crippen molar-refractivity contribution in [1.82, 2.24) is 57.3 Å². The highest BCUT2D eigenvalue weighted by molar-refractivity contribution is 6.21. The molecular weight excluding hydrogens is 1610 g/mol. The van der Waals surface area contributed by atoms with Crippen molar-refractivity contribution >= 4 is 131 Å². The summed E-state index contributed by atoms with van der Waals surface area (Å²) in [6.07, 6.45) is 11.6. The van der Waals surface area contributed by atoms with E-state index in [0.717, 1.165) is 99.6 Å². The molecular formula is C120H78N12. The van der Waals surface area contributed by atoms with Gasteiger partial charge in [-0.15, -0.1) is 0 Å². The Hall–Kier alpha value is -18.0. The van der Waals surface area contributed by atoms with E-state index in [9.17, 15) is 0 Å². The van der Waals surface area contributed by atoms with Gasteiger partial charge in [-0.3, -0.25) is 19.5 Å². The monoisotopic (exact) mass is 1690 g/mol. The Bertz CT molecular complexity index is 9060. The smallest absolute Gasteiger partial charge is 0.238 e. The maximum Gasteiger partial charge on any atom is 0.238 e. The lowest BCUT2D eigenvalue weighted by atomic mass is 9.98. The van der Waals surface area contributed by atoms with E-state index < -0.39 is 0 Å². The SMILES string of the molecule is c1ccc(-c2ccc(-n3c4ccccc4c4ccc(-c5cccc6c5c5ccncc5n6-c5ccccc5)cc43)cc2)cc1.c1ccc(-c2nc(-c3ccccc3)nc(-n3c4ccccc4c4ccc(-c5cccc6c5c5ccncc5n6-c5ccccc5)cc43)n2)cc1.c1ccc(-n2c3ccccc3c3ccc(-c4cccc5c4c4cnccc4n5-c4ccccc4)cc32)cc1. The molecule has 0 aliphatic rings. The third-order valence-electron chi connectivity index (χ3n) is 25.9. The Balaban J connectivity index is 0.000000107. The van der Waals surface area contributed by atoms with Crippen molar-refractivity contribution in [2.45, 2.75) is 0 Å². The van der Waals surface area contributed by atoms with Crippen LogP contribution in [-0.4, -0.2) is 57.3 Å². The number of hydrogen-bond acceptors (Lipinski definition) is 6. The van der Waals surface area contributed by atoms with Crippen LogP contribution >= 0.6 is 0 Å². The van der Waals surface area contributed by atoms with Crippen molar-refractivity contribution in [3.63, 3.8) is 0 Å². The van der Waals surface area contributed by atoms with E-state index in [0.29, 0.717) is 17.6 Å². The molecule has 0 spiro atoms. The van der Waals surface area contributed by atoms with Crippen molar-refractivity contribution in [3.8, 4) is 102 Å². The molecule has 0 atom stereocenters. The fraction of sp³-hybridized carbons (Fsp3) is 0. The molecule has 0 saturated heterocycles. The topological polar surface area (TPSA) is 107 Å². The van der Waals surface area contributed by atoms with Gasteiger partial charge in [-0.1, -0.05) is 303 Å². The number of hydrogen-bond donors (Lipinski definition) is 0. The molecule has 0 radical (unpaired) electrons. The normalized spacial score (nSPS) is 11.6. The van der Waals surface area contributed by atoms with Crippen LogP contribution in [0.15, 0.2) is 474 Å². The van der Waals surface area contributed by atoms with Gasteiger partial charge in [0.05, 0.1) is 78.6 Å². The molecule has 27 rings (SSSR count). The average Bonchev–Trinajstić information content (AvgIpc) is 1.58. The fourth-order valence-electron chi connectivity index (χ4n) is 20.1. The summed E-state index contributed by atoms with van der Waals surface area (Å²) >= 11 is 0. The summed E-state index contributed by atoms with van der Waals surface area (Å²) in [5, 5.41) is 14.5. The Morgan fingerprint density at radius 1 is 0.152 bits per heavy atom. The van der Waals surface area contributed by atoms with Gasteiger partial charge in [0.2, 0.25) is 5.95 Å². The zero-order valence-corrected chi connectivity index (χ0v) is 71.4. The zero-order chi connectivity index (χ0) is 87.1. The number of aromatic nitrogens is 12. The first-order valence-electron chi connectivity index (χ1n) is 44.5. The van der Waals surface area contributed by atoms with Crippen LogP contribution in [0.1, 0.15) is 0 Å². The van der Waals surface area contributed by atoms with Crippen molar-refractivity contribution < 1.29 is 0 Å². The van der Waals surface area contributed by atoms with E-state index in [-0.39, 0.29) is 0 Å². The van der Waals surface area contributed by atoms with Crippen molar-refractivity contribution in [2.75, 3.05) is 0 Å². The minimum Gasteiger partial charge on any atom is -0.309 e. The van der Waals surface area contributed by atoms with Crippen LogP contribution < -0.4 is 0 Å². The molecule has 0 saturated carbocycles. The predicted octanol–water partition coefficient (Wildman–Crippen LogP) is 30.0. The van der Waals surface area contributed by atoms with Gasteiger partial charge >= 0.3 is 0 Å². The second-order valence-electron chi connectivity index (χ2n) is 33.3. The van der Waals surface area contributed by atoms with Gasteiger partial charge in [-0.05, 0) is 178 Å². The summed E-state index contributed by atoms with van der Waals surface area (Å²) in [6.45, 7) is 0. The van der Waals surface area contributed by atoms with Crippen LogP contribution in [0.3, 0.4) is 0 Å². The van der Waals surface area contributed by atoms with Crippen molar-refractivity contribution in [1.29, 1.82) is 0 Å². The molecule has 0 N–H and O–H groups in total. The number of rotatable bonds is 12. The lowest BCUT2D eigenvalue weighted by Crippen LogP contribution is -2.06. The number of nitrogens with zero attached hydrogens (tertiary/aromatic N) is 12. The summed E-state index contributed by atoms with van der Waals surface area (Å²) < 4.78 is 13.9. The van der Waals surface area contributed by atoms with Crippen molar-refractivity contribution in [3.05, 3.63) is 474 Å². The van der Waals surface area contributed by atoms with Gasteiger partial charge in [0.25, 0.3) is 0 Å². The standard InChI is InChI=1S/C44H28N6.C41H27N3.C35H23N3/c1-4-13-29(14-5-1)42-46-43(30-15-6-2-7-16-30)48-44(47-42)50-37-21-11-10-19-34(37)35-24-23-31(27-39(35)50)33-20-12-22-38-41(33)36-25-26-45-28-40(36)49(38)32-17-8-3-9-18-32;1-3-10-28(11-4-1)29-18-21-32(22-19-29)43-37-16-8-7-14-34(37)35-23-20-30(26-39(35)43)33-15-9-17-38-41(33)36-24-25-42-27-40(36)44(38)31-12-5-2-6-13-31;1-3-10-25(11-4-1)37-32-20-21-36-23-30(32)35-27(15-9-17-33(35)37)24-18-19-29-28-14-7-8-16-31(28)38(34(29)22-24)26-12-5-2-6-13-26/h1-28H;1-27H;1-23H. The molecule has 0 bridgehead atoms. The Kier molecular flexibility index (Phi) is 18.6. The molecule has 132 heavy (non-hydrogen) atoms. The molecule has 0 amide bonds. The van der Waals surface area contributed by atoms with Gasteiger partial charge in [0.1, 0.15) is 0 Å². The third kappa shape index (κ3) is 12.9. The first-order valence-corrected chi connectivity index (χ1v) is 44.5. The quantitative estimate of drug-likeness (QED) is 0.121. The largest absolute Gasteiger partial charge is 0.309 e. The molecule has 0 unspecified atom stereocenters. The maximum atomic E-state index is 5.13. The molecule has 0 fully saturated rings. The first-order chi connectivity index (χ1) is 65.5. The second kappa shape index (κ2) is 32.1. The van der Waals surface area contributed by atoms with Gasteiger partial charge in [-0.2, -0.15) is 9.97 Å². The van der Waals surface area contributed by atoms with Gasteiger partial charge < -0.3 is 22.8 Å². The Morgan fingerprint density at radius 2 is 0.432 bits per heavy atom. The van der Waals surface area contributed by atoms with Gasteiger partial charge in [0.15, 0.2) is 11.6 Å². The van der Waals surface area contributed by atoms with Crippen LogP contribution in [0.25, 0.3) is 233 Å². The summed E-state index contributed by atoms with van der Waals surface area (Å²) in [5.74, 6) is 1.83. The fourth-order valence-corrected chi connectivity index (χ4v) is 20.1. The van der Waals surface area contributed by atoms with Crippen LogP contribution in [0, 0.1) is 0 Å². The minimum atomic E-state index is 0.575. The van der Waals surface area contributed by atoms with Gasteiger partial charge in [-0.25, -0.2) is 4.98 Å². The van der Waals surface area contributed by atoms with E-state index >= 15 is 0 Å². The van der Waals surface area contributed by atoms with E-state index in [2.05, 4.69) is 412 Å². The molecule has 27 aromatic rings. The summed E-state index contributed by atoms with van der Waals surface area (Å²) in [7, 11) is 0. The van der Waals surface area contributed by atoms with Crippen LogP contribution in [0.2, 0.25) is 0 Å². The highest BCUT2D eigenvalue weighted by Crippen LogP contribution is 2.47. The lowest BCUT2D eigenvalue weighted by molar-refractivity contribution is 0.953. The number of pyridine rings is 3.